The van der Waals surface area contributed by atoms with Crippen molar-refractivity contribution in [3.63, 3.8) is 0 Å². The van der Waals surface area contributed by atoms with Gasteiger partial charge in [-0.3, -0.25) is 9.59 Å². The Kier molecular flexibility index (Phi) is 5.55. The predicted octanol–water partition coefficient (Wildman–Crippen LogP) is 2.76. The molecule has 1 amide bonds. The van der Waals surface area contributed by atoms with E-state index in [1.54, 1.807) is 0 Å². The fourth-order valence-electron chi connectivity index (χ4n) is 2.21. The summed E-state index contributed by atoms with van der Waals surface area (Å²) in [6.07, 6.45) is 5.67. The van der Waals surface area contributed by atoms with Gasteiger partial charge in [-0.05, 0) is 18.4 Å². The Bertz CT molecular complexity index is 510. The number of cyclic esters (lactones) is 1. The van der Waals surface area contributed by atoms with E-state index in [9.17, 15) is 9.59 Å². The van der Waals surface area contributed by atoms with E-state index in [0.717, 1.165) is 5.56 Å². The van der Waals surface area contributed by atoms with Gasteiger partial charge in [0.2, 0.25) is 5.91 Å². The maximum Gasteiger partial charge on any atom is 0.309 e. The number of hydrogen-bond donors (Lipinski definition) is 1. The van der Waals surface area contributed by atoms with Crippen molar-refractivity contribution in [1.82, 2.24) is 5.32 Å². The fraction of sp³-hybridized carbons (Fsp3) is 0.412. The van der Waals surface area contributed by atoms with Crippen LogP contribution in [0.25, 0.3) is 0 Å². The van der Waals surface area contributed by atoms with Crippen LogP contribution in [0.5, 0.6) is 0 Å². The van der Waals surface area contributed by atoms with E-state index >= 15 is 0 Å². The SMILES string of the molecule is C[C@@H]1C/C=C/CCC(=O)NC(c2ccccc2)COC1=O. The van der Waals surface area contributed by atoms with Gasteiger partial charge in [-0.2, -0.15) is 0 Å². The van der Waals surface area contributed by atoms with E-state index in [2.05, 4.69) is 5.32 Å². The first-order valence-corrected chi connectivity index (χ1v) is 7.32. The molecule has 0 saturated carbocycles. The summed E-state index contributed by atoms with van der Waals surface area (Å²) in [4.78, 5) is 23.9. The first-order chi connectivity index (χ1) is 10.2. The Morgan fingerprint density at radius 3 is 2.67 bits per heavy atom. The topological polar surface area (TPSA) is 55.4 Å². The second kappa shape index (κ2) is 7.62. The summed E-state index contributed by atoms with van der Waals surface area (Å²) in [7, 11) is 0. The quantitative estimate of drug-likeness (QED) is 0.638. The minimum Gasteiger partial charge on any atom is -0.463 e. The second-order valence-corrected chi connectivity index (χ2v) is 5.31. The number of carbonyl (C=O) groups is 2. The van der Waals surface area contributed by atoms with Gasteiger partial charge in [0.1, 0.15) is 6.61 Å². The van der Waals surface area contributed by atoms with E-state index in [1.165, 1.54) is 0 Å². The number of hydrogen-bond acceptors (Lipinski definition) is 3. The summed E-state index contributed by atoms with van der Waals surface area (Å²) in [5, 5.41) is 2.94. The summed E-state index contributed by atoms with van der Waals surface area (Å²) >= 11 is 0. The van der Waals surface area contributed by atoms with Crippen LogP contribution in [0.4, 0.5) is 0 Å². The van der Waals surface area contributed by atoms with Crippen molar-refractivity contribution in [1.29, 1.82) is 0 Å². The lowest BCUT2D eigenvalue weighted by molar-refractivity contribution is -0.149. The van der Waals surface area contributed by atoms with Crippen LogP contribution in [0.1, 0.15) is 37.8 Å². The third kappa shape index (κ3) is 4.74. The summed E-state index contributed by atoms with van der Waals surface area (Å²) in [5.74, 6) is -0.415. The summed E-state index contributed by atoms with van der Waals surface area (Å²) in [6, 6.07) is 9.29. The number of allylic oxidation sites excluding steroid dienone is 2. The zero-order valence-electron chi connectivity index (χ0n) is 12.2. The Balaban J connectivity index is 2.13. The van der Waals surface area contributed by atoms with Gasteiger partial charge in [0.15, 0.2) is 0 Å². The third-order valence-corrected chi connectivity index (χ3v) is 3.53. The van der Waals surface area contributed by atoms with Crippen molar-refractivity contribution in [3.8, 4) is 0 Å². The monoisotopic (exact) mass is 287 g/mol. The summed E-state index contributed by atoms with van der Waals surface area (Å²) in [6.45, 7) is 2.02. The predicted molar refractivity (Wildman–Crippen MR) is 80.4 cm³/mol. The lowest BCUT2D eigenvalue weighted by Crippen LogP contribution is -2.32. The highest BCUT2D eigenvalue weighted by molar-refractivity contribution is 5.77. The van der Waals surface area contributed by atoms with Gasteiger partial charge in [-0.1, -0.05) is 49.4 Å². The van der Waals surface area contributed by atoms with Gasteiger partial charge in [0.05, 0.1) is 12.0 Å². The average Bonchev–Trinajstić information content (AvgIpc) is 2.50. The highest BCUT2D eigenvalue weighted by atomic mass is 16.5. The van der Waals surface area contributed by atoms with Crippen molar-refractivity contribution in [2.24, 2.45) is 5.92 Å². The van der Waals surface area contributed by atoms with Crippen LogP contribution in [-0.2, 0) is 14.3 Å². The van der Waals surface area contributed by atoms with E-state index in [1.807, 2.05) is 49.4 Å². The Hall–Kier alpha value is -2.10. The van der Waals surface area contributed by atoms with Crippen molar-refractivity contribution >= 4 is 11.9 Å². The molecular formula is C17H21NO3. The maximum absolute atomic E-state index is 11.9. The van der Waals surface area contributed by atoms with Crippen molar-refractivity contribution < 1.29 is 14.3 Å². The number of carbonyl (C=O) groups excluding carboxylic acids is 2. The number of rotatable bonds is 1. The average molecular weight is 287 g/mol. The number of nitrogens with one attached hydrogen (secondary N) is 1. The van der Waals surface area contributed by atoms with Crippen LogP contribution >= 0.6 is 0 Å². The van der Waals surface area contributed by atoms with Crippen molar-refractivity contribution in [3.05, 3.63) is 48.0 Å². The molecule has 0 bridgehead atoms. The molecule has 1 heterocycles. The Morgan fingerprint density at radius 1 is 1.14 bits per heavy atom. The molecule has 0 spiro atoms. The molecule has 1 aromatic carbocycles. The molecule has 1 unspecified atom stereocenters. The highest BCUT2D eigenvalue weighted by Crippen LogP contribution is 2.16. The van der Waals surface area contributed by atoms with Gasteiger partial charge >= 0.3 is 5.97 Å². The summed E-state index contributed by atoms with van der Waals surface area (Å²) < 4.78 is 5.35. The van der Waals surface area contributed by atoms with Gasteiger partial charge in [-0.25, -0.2) is 0 Å². The first-order valence-electron chi connectivity index (χ1n) is 7.32. The van der Waals surface area contributed by atoms with E-state index in [0.29, 0.717) is 19.3 Å². The van der Waals surface area contributed by atoms with Gasteiger partial charge in [0, 0.05) is 6.42 Å². The number of ether oxygens (including phenoxy) is 1. The van der Waals surface area contributed by atoms with Gasteiger partial charge in [-0.15, -0.1) is 0 Å². The van der Waals surface area contributed by atoms with E-state index in [-0.39, 0.29) is 30.4 Å². The molecule has 2 atom stereocenters. The number of amides is 1. The van der Waals surface area contributed by atoms with Gasteiger partial charge in [0.25, 0.3) is 0 Å². The van der Waals surface area contributed by atoms with Crippen LogP contribution in [0.15, 0.2) is 42.5 Å². The zero-order chi connectivity index (χ0) is 15.1. The number of benzene rings is 1. The fourth-order valence-corrected chi connectivity index (χ4v) is 2.21. The Labute approximate surface area is 125 Å². The molecule has 1 aliphatic rings. The lowest BCUT2D eigenvalue weighted by atomic mass is 10.1. The molecule has 112 valence electrons. The molecule has 0 saturated heterocycles. The van der Waals surface area contributed by atoms with Crippen molar-refractivity contribution in [2.45, 2.75) is 32.2 Å². The molecule has 1 aliphatic heterocycles. The molecular weight excluding hydrogens is 266 g/mol. The first kappa shape index (κ1) is 15.3. The smallest absolute Gasteiger partial charge is 0.309 e. The molecule has 21 heavy (non-hydrogen) atoms. The second-order valence-electron chi connectivity index (χ2n) is 5.31. The molecule has 0 aromatic heterocycles. The lowest BCUT2D eigenvalue weighted by Gasteiger charge is -2.20. The standard InChI is InChI=1S/C17H21NO3/c1-13-8-4-2-7-11-16(19)18-15(12-21-17(13)20)14-9-5-3-6-10-14/h2-6,9-10,13,15H,7-8,11-12H2,1H3,(H,18,19)/b4-2+/t13-,15?/m1/s1. The molecule has 0 fully saturated rings. The minimum absolute atomic E-state index is 0.0295. The van der Waals surface area contributed by atoms with Crippen LogP contribution in [0, 0.1) is 5.92 Å². The zero-order valence-corrected chi connectivity index (χ0v) is 12.2. The van der Waals surface area contributed by atoms with Crippen molar-refractivity contribution in [2.75, 3.05) is 6.61 Å². The van der Waals surface area contributed by atoms with Crippen LogP contribution in [0.3, 0.4) is 0 Å². The van der Waals surface area contributed by atoms with Gasteiger partial charge < -0.3 is 10.1 Å². The maximum atomic E-state index is 11.9. The summed E-state index contributed by atoms with van der Waals surface area (Å²) in [5.41, 5.74) is 0.943. The largest absolute Gasteiger partial charge is 0.463 e. The molecule has 2 rings (SSSR count). The van der Waals surface area contributed by atoms with Crippen LogP contribution in [0.2, 0.25) is 0 Å². The molecule has 1 aromatic rings. The van der Waals surface area contributed by atoms with E-state index in [4.69, 9.17) is 4.74 Å². The Morgan fingerprint density at radius 2 is 1.90 bits per heavy atom. The highest BCUT2D eigenvalue weighted by Gasteiger charge is 2.19. The molecule has 4 nitrogen and oxygen atoms in total. The van der Waals surface area contributed by atoms with Crippen LogP contribution in [-0.4, -0.2) is 18.5 Å². The normalized spacial score (nSPS) is 26.0. The molecule has 4 heteroatoms. The number of esters is 1. The third-order valence-electron chi connectivity index (χ3n) is 3.53. The van der Waals surface area contributed by atoms with Crippen LogP contribution < -0.4 is 5.32 Å². The molecule has 1 N–H and O–H groups in total. The van der Waals surface area contributed by atoms with E-state index < -0.39 is 0 Å². The molecule has 0 radical (unpaired) electrons. The molecule has 0 aliphatic carbocycles. The minimum atomic E-state index is -0.293.